The lowest BCUT2D eigenvalue weighted by atomic mass is 9.68. The number of phenolic OH excluding ortho intramolecular Hbond substituents is 1. The van der Waals surface area contributed by atoms with E-state index in [4.69, 9.17) is 4.74 Å². The number of likely N-dealkylation sites (tertiary alicyclic amines) is 1. The van der Waals surface area contributed by atoms with E-state index in [1.165, 1.54) is 5.56 Å². The predicted octanol–water partition coefficient (Wildman–Crippen LogP) is 5.82. The van der Waals surface area contributed by atoms with E-state index in [1.54, 1.807) is 6.07 Å². The molecule has 1 heterocycles. The number of ether oxygens (including phenoxy) is 1. The van der Waals surface area contributed by atoms with Crippen molar-refractivity contribution in [1.29, 1.82) is 0 Å². The summed E-state index contributed by atoms with van der Waals surface area (Å²) in [6.45, 7) is 7.07. The van der Waals surface area contributed by atoms with Gasteiger partial charge in [-0.25, -0.2) is 4.79 Å². The molecule has 4 heteroatoms. The van der Waals surface area contributed by atoms with Gasteiger partial charge in [-0.1, -0.05) is 86.6 Å². The number of piperidine rings is 1. The summed E-state index contributed by atoms with van der Waals surface area (Å²) in [5.41, 5.74) is 3.77. The van der Waals surface area contributed by atoms with Gasteiger partial charge in [-0.05, 0) is 59.2 Å². The molecule has 0 saturated carbocycles. The van der Waals surface area contributed by atoms with Gasteiger partial charge >= 0.3 is 5.97 Å². The molecule has 176 valence electrons. The smallest absolute Gasteiger partial charge is 0.335 e. The van der Waals surface area contributed by atoms with Crippen molar-refractivity contribution in [1.82, 2.24) is 4.90 Å². The van der Waals surface area contributed by atoms with Crippen molar-refractivity contribution in [3.8, 4) is 5.75 Å². The minimum Gasteiger partial charge on any atom is -0.508 e. The third-order valence-electron chi connectivity index (χ3n) is 7.08. The molecule has 1 N–H and O–H groups in total. The molecule has 0 unspecified atom stereocenters. The Bertz CT molecular complexity index is 1130. The second kappa shape index (κ2) is 10.7. The highest BCUT2D eigenvalue weighted by Gasteiger charge is 2.38. The Kier molecular flexibility index (Phi) is 7.49. The molecular weight excluding hydrogens is 422 g/mol. The van der Waals surface area contributed by atoms with E-state index in [9.17, 15) is 9.90 Å². The molecule has 0 aliphatic carbocycles. The molecule has 1 saturated heterocycles. The highest BCUT2D eigenvalue weighted by atomic mass is 16.5. The van der Waals surface area contributed by atoms with Crippen LogP contribution in [0.4, 0.5) is 0 Å². The van der Waals surface area contributed by atoms with Crippen LogP contribution in [0.25, 0.3) is 6.08 Å². The summed E-state index contributed by atoms with van der Waals surface area (Å²) in [6, 6.07) is 27.3. The maximum Gasteiger partial charge on any atom is 0.335 e. The Hall–Kier alpha value is -3.37. The predicted molar refractivity (Wildman–Crippen MR) is 136 cm³/mol. The zero-order valence-corrected chi connectivity index (χ0v) is 20.0. The Balaban J connectivity index is 1.48. The van der Waals surface area contributed by atoms with Gasteiger partial charge in [0, 0.05) is 13.1 Å². The molecule has 0 radical (unpaired) electrons. The quantitative estimate of drug-likeness (QED) is 0.360. The van der Waals surface area contributed by atoms with E-state index < -0.39 is 0 Å². The molecule has 4 rings (SSSR count). The maximum atomic E-state index is 13.1. The standard InChI is InChI=1S/C30H33NO3/c1-23-20-31(17-16-30(23,2)27-14-9-15-28(32)19-27)21-26(18-24-10-5-3-6-11-24)29(33)34-22-25-12-7-4-8-13-25/h3-15,18-19,23,32H,16-17,20-22H2,1-2H3/b26-18+/t23-,30+/m0/s1. The summed E-state index contributed by atoms with van der Waals surface area (Å²) in [5, 5.41) is 9.98. The molecule has 4 nitrogen and oxygen atoms in total. The summed E-state index contributed by atoms with van der Waals surface area (Å²) in [4.78, 5) is 15.5. The number of hydrogen-bond acceptors (Lipinski definition) is 4. The molecule has 0 spiro atoms. The molecule has 1 aliphatic heterocycles. The number of phenols is 1. The topological polar surface area (TPSA) is 49.8 Å². The Morgan fingerprint density at radius 2 is 1.76 bits per heavy atom. The van der Waals surface area contributed by atoms with E-state index in [1.807, 2.05) is 78.9 Å². The first kappa shape index (κ1) is 23.8. The van der Waals surface area contributed by atoms with Crippen LogP contribution in [-0.2, 0) is 21.6 Å². The van der Waals surface area contributed by atoms with Crippen LogP contribution in [0, 0.1) is 5.92 Å². The van der Waals surface area contributed by atoms with Gasteiger partial charge in [-0.15, -0.1) is 0 Å². The monoisotopic (exact) mass is 455 g/mol. The van der Waals surface area contributed by atoms with E-state index in [0.29, 0.717) is 23.8 Å². The Labute approximate surface area is 202 Å². The van der Waals surface area contributed by atoms with E-state index in [2.05, 4.69) is 24.8 Å². The number of benzene rings is 3. The number of esters is 1. The summed E-state index contributed by atoms with van der Waals surface area (Å²) in [7, 11) is 0. The van der Waals surface area contributed by atoms with Crippen molar-refractivity contribution in [3.63, 3.8) is 0 Å². The second-order valence-corrected chi connectivity index (χ2v) is 9.50. The van der Waals surface area contributed by atoms with Crippen molar-refractivity contribution >= 4 is 12.0 Å². The summed E-state index contributed by atoms with van der Waals surface area (Å²) < 4.78 is 5.69. The molecule has 0 aromatic heterocycles. The number of rotatable bonds is 7. The molecule has 2 atom stereocenters. The average molecular weight is 456 g/mol. The first-order chi connectivity index (χ1) is 16.4. The third kappa shape index (κ3) is 5.75. The van der Waals surface area contributed by atoms with Crippen LogP contribution in [0.1, 0.15) is 37.0 Å². The molecule has 3 aromatic rings. The largest absolute Gasteiger partial charge is 0.508 e. The van der Waals surface area contributed by atoms with Crippen LogP contribution >= 0.6 is 0 Å². The minimum atomic E-state index is -0.276. The van der Waals surface area contributed by atoms with Gasteiger partial charge in [0.05, 0.1) is 5.57 Å². The number of carbonyl (C=O) groups excluding carboxylic acids is 1. The zero-order chi connectivity index (χ0) is 24.0. The summed E-state index contributed by atoms with van der Waals surface area (Å²) in [6.07, 6.45) is 2.90. The van der Waals surface area contributed by atoms with Crippen molar-refractivity contribution in [2.24, 2.45) is 5.92 Å². The van der Waals surface area contributed by atoms with Crippen molar-refractivity contribution in [3.05, 3.63) is 107 Å². The second-order valence-electron chi connectivity index (χ2n) is 9.50. The number of nitrogens with zero attached hydrogens (tertiary/aromatic N) is 1. The van der Waals surface area contributed by atoms with Gasteiger partial charge in [-0.3, -0.25) is 4.90 Å². The molecule has 0 amide bonds. The lowest BCUT2D eigenvalue weighted by molar-refractivity contribution is -0.140. The van der Waals surface area contributed by atoms with Gasteiger partial charge in [0.1, 0.15) is 12.4 Å². The van der Waals surface area contributed by atoms with Crippen molar-refractivity contribution in [2.75, 3.05) is 19.6 Å². The van der Waals surface area contributed by atoms with Crippen LogP contribution in [-0.4, -0.2) is 35.6 Å². The van der Waals surface area contributed by atoms with Gasteiger partial charge in [0.25, 0.3) is 0 Å². The van der Waals surface area contributed by atoms with Crippen LogP contribution in [0.3, 0.4) is 0 Å². The van der Waals surface area contributed by atoms with Gasteiger partial charge in [-0.2, -0.15) is 0 Å². The molecule has 1 fully saturated rings. The zero-order valence-electron chi connectivity index (χ0n) is 20.0. The maximum absolute atomic E-state index is 13.1. The van der Waals surface area contributed by atoms with Gasteiger partial charge in [0.2, 0.25) is 0 Å². The fourth-order valence-corrected chi connectivity index (χ4v) is 4.73. The van der Waals surface area contributed by atoms with E-state index in [-0.39, 0.29) is 18.0 Å². The van der Waals surface area contributed by atoms with Crippen LogP contribution < -0.4 is 0 Å². The van der Waals surface area contributed by atoms with Crippen LogP contribution in [0.2, 0.25) is 0 Å². The average Bonchev–Trinajstić information content (AvgIpc) is 2.86. The highest BCUT2D eigenvalue weighted by molar-refractivity contribution is 5.94. The van der Waals surface area contributed by atoms with E-state index in [0.717, 1.165) is 30.6 Å². The van der Waals surface area contributed by atoms with Crippen molar-refractivity contribution in [2.45, 2.75) is 32.3 Å². The first-order valence-electron chi connectivity index (χ1n) is 11.9. The SMILES string of the molecule is C[C@H]1CN(C/C(=C\c2ccccc2)C(=O)OCc2ccccc2)CC[C@@]1(C)c1cccc(O)c1. The highest BCUT2D eigenvalue weighted by Crippen LogP contribution is 2.40. The minimum absolute atomic E-state index is 0.0215. The lowest BCUT2D eigenvalue weighted by Crippen LogP contribution is -2.48. The fourth-order valence-electron chi connectivity index (χ4n) is 4.73. The molecular formula is C30H33NO3. The summed E-state index contributed by atoms with van der Waals surface area (Å²) >= 11 is 0. The Morgan fingerprint density at radius 1 is 1.06 bits per heavy atom. The third-order valence-corrected chi connectivity index (χ3v) is 7.08. The summed E-state index contributed by atoms with van der Waals surface area (Å²) in [5.74, 6) is 0.394. The lowest BCUT2D eigenvalue weighted by Gasteiger charge is -2.45. The molecule has 1 aliphatic rings. The normalized spacial score (nSPS) is 21.2. The molecule has 3 aromatic carbocycles. The van der Waals surface area contributed by atoms with Gasteiger partial charge < -0.3 is 9.84 Å². The first-order valence-corrected chi connectivity index (χ1v) is 11.9. The molecule has 34 heavy (non-hydrogen) atoms. The van der Waals surface area contributed by atoms with E-state index >= 15 is 0 Å². The Morgan fingerprint density at radius 3 is 2.44 bits per heavy atom. The van der Waals surface area contributed by atoms with Crippen LogP contribution in [0.15, 0.2) is 90.5 Å². The van der Waals surface area contributed by atoms with Gasteiger partial charge in [0.15, 0.2) is 0 Å². The fraction of sp³-hybridized carbons (Fsp3) is 0.300. The molecule has 0 bridgehead atoms. The number of carbonyl (C=O) groups is 1. The van der Waals surface area contributed by atoms with Crippen molar-refractivity contribution < 1.29 is 14.6 Å². The number of hydrogen-bond donors (Lipinski definition) is 1. The van der Waals surface area contributed by atoms with Crippen LogP contribution in [0.5, 0.6) is 5.75 Å². The number of aromatic hydroxyl groups is 1.